The van der Waals surface area contributed by atoms with Crippen LogP contribution in [-0.2, 0) is 19.6 Å². The highest BCUT2D eigenvalue weighted by molar-refractivity contribution is 7.89. The molecule has 6 heteroatoms. The van der Waals surface area contributed by atoms with Gasteiger partial charge in [0, 0.05) is 0 Å². The molecule has 5 nitrogen and oxygen atoms in total. The van der Waals surface area contributed by atoms with Gasteiger partial charge in [0.15, 0.2) is 0 Å². The van der Waals surface area contributed by atoms with E-state index in [1.807, 2.05) is 13.8 Å². The molecule has 0 spiro atoms. The van der Waals surface area contributed by atoms with Crippen molar-refractivity contribution in [1.29, 1.82) is 0 Å². The van der Waals surface area contributed by atoms with Crippen LogP contribution < -0.4 is 4.72 Å². The molecule has 122 valence electrons. The first-order chi connectivity index (χ1) is 10.2. The molecule has 1 atom stereocenters. The summed E-state index contributed by atoms with van der Waals surface area (Å²) in [6.07, 6.45) is 3.92. The maximum absolute atomic E-state index is 12.6. The number of carbonyl (C=O) groups is 1. The Morgan fingerprint density at radius 3 is 2.27 bits per heavy atom. The van der Waals surface area contributed by atoms with E-state index in [1.54, 1.807) is 32.1 Å². The molecule has 1 aromatic carbocycles. The number of rotatable bonds is 6. The Morgan fingerprint density at radius 2 is 1.82 bits per heavy atom. The van der Waals surface area contributed by atoms with Gasteiger partial charge in [0.1, 0.15) is 6.04 Å². The molecular weight excluding hydrogens is 302 g/mol. The Kier molecular flexibility index (Phi) is 6.32. The molecular formula is C16H23NO4S. The fraction of sp³-hybridized carbons (Fsp3) is 0.438. The molecule has 0 fully saturated rings. The number of nitrogens with one attached hydrogen (secondary N) is 1. The summed E-state index contributed by atoms with van der Waals surface area (Å²) < 4.78 is 32.3. The van der Waals surface area contributed by atoms with Crippen molar-refractivity contribution in [3.8, 4) is 0 Å². The molecule has 0 unspecified atom stereocenters. The summed E-state index contributed by atoms with van der Waals surface area (Å²) in [7, 11) is -2.60. The molecule has 1 aromatic rings. The largest absolute Gasteiger partial charge is 0.468 e. The quantitative estimate of drug-likeness (QED) is 0.644. The van der Waals surface area contributed by atoms with Crippen LogP contribution in [0.1, 0.15) is 30.0 Å². The number of sulfonamides is 1. The average Bonchev–Trinajstić information content (AvgIpc) is 2.40. The van der Waals surface area contributed by atoms with E-state index in [4.69, 9.17) is 0 Å². The van der Waals surface area contributed by atoms with Crippen LogP contribution in [0, 0.1) is 20.8 Å². The second-order valence-corrected chi connectivity index (χ2v) is 6.84. The van der Waals surface area contributed by atoms with Crippen LogP contribution in [0.4, 0.5) is 0 Å². The third-order valence-corrected chi connectivity index (χ3v) is 4.92. The van der Waals surface area contributed by atoms with Gasteiger partial charge < -0.3 is 4.74 Å². The Balaban J connectivity index is 3.23. The lowest BCUT2D eigenvalue weighted by molar-refractivity contribution is -0.141. The van der Waals surface area contributed by atoms with Crippen LogP contribution in [0.3, 0.4) is 0 Å². The number of ether oxygens (including phenoxy) is 1. The fourth-order valence-electron chi connectivity index (χ4n) is 2.38. The van der Waals surface area contributed by atoms with E-state index in [1.165, 1.54) is 13.2 Å². The first-order valence-corrected chi connectivity index (χ1v) is 8.56. The summed E-state index contributed by atoms with van der Waals surface area (Å²) >= 11 is 0. The van der Waals surface area contributed by atoms with E-state index >= 15 is 0 Å². The highest BCUT2D eigenvalue weighted by Gasteiger charge is 2.26. The second-order valence-electron chi connectivity index (χ2n) is 5.19. The average molecular weight is 325 g/mol. The zero-order valence-electron chi connectivity index (χ0n) is 13.6. The minimum absolute atomic E-state index is 0.205. The lowest BCUT2D eigenvalue weighted by Crippen LogP contribution is -2.40. The minimum Gasteiger partial charge on any atom is -0.468 e. The maximum Gasteiger partial charge on any atom is 0.327 e. The minimum atomic E-state index is -3.83. The van der Waals surface area contributed by atoms with E-state index in [9.17, 15) is 13.2 Å². The van der Waals surface area contributed by atoms with Gasteiger partial charge in [-0.15, -0.1) is 0 Å². The molecule has 0 aliphatic rings. The number of benzene rings is 1. The monoisotopic (exact) mass is 325 g/mol. The van der Waals surface area contributed by atoms with Gasteiger partial charge in [-0.3, -0.25) is 0 Å². The molecule has 1 N–H and O–H groups in total. The lowest BCUT2D eigenvalue weighted by atomic mass is 10.1. The van der Waals surface area contributed by atoms with Crippen molar-refractivity contribution in [2.24, 2.45) is 0 Å². The Bertz CT molecular complexity index is 654. The van der Waals surface area contributed by atoms with Crippen LogP contribution in [0.5, 0.6) is 0 Å². The van der Waals surface area contributed by atoms with Crippen molar-refractivity contribution < 1.29 is 17.9 Å². The van der Waals surface area contributed by atoms with E-state index < -0.39 is 22.0 Å². The summed E-state index contributed by atoms with van der Waals surface area (Å²) in [5.74, 6) is -0.643. The van der Waals surface area contributed by atoms with Gasteiger partial charge in [0.2, 0.25) is 10.0 Å². The number of esters is 1. The van der Waals surface area contributed by atoms with E-state index in [2.05, 4.69) is 9.46 Å². The number of aryl methyl sites for hydroxylation is 3. The van der Waals surface area contributed by atoms with Gasteiger partial charge in [0.25, 0.3) is 0 Å². The molecule has 0 saturated carbocycles. The molecule has 22 heavy (non-hydrogen) atoms. The van der Waals surface area contributed by atoms with Gasteiger partial charge in [0.05, 0.1) is 12.0 Å². The Hall–Kier alpha value is -1.66. The van der Waals surface area contributed by atoms with Gasteiger partial charge >= 0.3 is 5.97 Å². The fourth-order valence-corrected chi connectivity index (χ4v) is 3.97. The van der Waals surface area contributed by atoms with Gasteiger partial charge in [-0.05, 0) is 38.3 Å². The topological polar surface area (TPSA) is 72.5 Å². The molecule has 0 aromatic heterocycles. The predicted molar refractivity (Wildman–Crippen MR) is 86.2 cm³/mol. The highest BCUT2D eigenvalue weighted by atomic mass is 32.2. The van der Waals surface area contributed by atoms with Crippen molar-refractivity contribution in [3.63, 3.8) is 0 Å². The number of hydrogen-bond acceptors (Lipinski definition) is 4. The van der Waals surface area contributed by atoms with Crippen molar-refractivity contribution in [2.75, 3.05) is 7.11 Å². The smallest absolute Gasteiger partial charge is 0.327 e. The summed E-state index contributed by atoms with van der Waals surface area (Å²) in [6.45, 7) is 7.28. The van der Waals surface area contributed by atoms with Gasteiger partial charge in [-0.1, -0.05) is 36.8 Å². The molecule has 0 bridgehead atoms. The molecule has 0 heterocycles. The zero-order valence-corrected chi connectivity index (χ0v) is 14.5. The normalized spacial score (nSPS) is 13.3. The number of allylic oxidation sites excluding steroid dienone is 1. The second kappa shape index (κ2) is 7.56. The molecule has 0 saturated heterocycles. The number of carbonyl (C=O) groups excluding carboxylic acids is 1. The van der Waals surface area contributed by atoms with Crippen molar-refractivity contribution >= 4 is 16.0 Å². The molecule has 0 aliphatic heterocycles. The molecule has 0 amide bonds. The predicted octanol–water partition coefficient (Wildman–Crippen LogP) is 2.40. The first kappa shape index (κ1) is 18.4. The Morgan fingerprint density at radius 1 is 1.27 bits per heavy atom. The van der Waals surface area contributed by atoms with Crippen LogP contribution in [-0.4, -0.2) is 27.5 Å². The third-order valence-electron chi connectivity index (χ3n) is 3.17. The van der Waals surface area contributed by atoms with E-state index in [-0.39, 0.29) is 4.90 Å². The van der Waals surface area contributed by atoms with Gasteiger partial charge in [-0.25, -0.2) is 13.2 Å². The number of hydrogen-bond donors (Lipinski definition) is 1. The molecule has 0 aliphatic carbocycles. The highest BCUT2D eigenvalue weighted by Crippen LogP contribution is 2.22. The molecule has 1 rings (SSSR count). The maximum atomic E-state index is 12.6. The van der Waals surface area contributed by atoms with Crippen LogP contribution >= 0.6 is 0 Å². The lowest BCUT2D eigenvalue weighted by Gasteiger charge is -2.16. The summed E-state index contributed by atoms with van der Waals surface area (Å²) in [6, 6.07) is 2.57. The Labute approximate surface area is 132 Å². The first-order valence-electron chi connectivity index (χ1n) is 7.07. The zero-order chi connectivity index (χ0) is 16.9. The van der Waals surface area contributed by atoms with Crippen molar-refractivity contribution in [2.45, 2.75) is 45.1 Å². The van der Waals surface area contributed by atoms with E-state index in [0.29, 0.717) is 17.5 Å². The van der Waals surface area contributed by atoms with Crippen LogP contribution in [0.2, 0.25) is 0 Å². The number of methoxy groups -OCH3 is 1. The van der Waals surface area contributed by atoms with Gasteiger partial charge in [-0.2, -0.15) is 4.72 Å². The van der Waals surface area contributed by atoms with Crippen molar-refractivity contribution in [3.05, 3.63) is 41.0 Å². The summed E-state index contributed by atoms with van der Waals surface area (Å²) in [5, 5.41) is 0. The summed E-state index contributed by atoms with van der Waals surface area (Å²) in [5.41, 5.74) is 2.28. The SMILES string of the molecule is CC/C=C/[C@H](NS(=O)(=O)c1c(C)cc(C)cc1C)C(=O)OC. The standard InChI is InChI=1S/C16H23NO4S/c1-6-7-8-14(16(18)21-5)17-22(19,20)15-12(3)9-11(2)10-13(15)4/h7-10,14,17H,6H2,1-5H3/b8-7+/t14-/m0/s1. The van der Waals surface area contributed by atoms with Crippen LogP contribution in [0.25, 0.3) is 0 Å². The van der Waals surface area contributed by atoms with Crippen LogP contribution in [0.15, 0.2) is 29.2 Å². The molecule has 0 radical (unpaired) electrons. The van der Waals surface area contributed by atoms with E-state index in [0.717, 1.165) is 5.56 Å². The summed E-state index contributed by atoms with van der Waals surface area (Å²) in [4.78, 5) is 12.0. The van der Waals surface area contributed by atoms with Crippen molar-refractivity contribution in [1.82, 2.24) is 4.72 Å². The third kappa shape index (κ3) is 4.42.